The highest BCUT2D eigenvalue weighted by Crippen LogP contribution is 2.59. The smallest absolute Gasteiger partial charge is 0.257 e. The molecule has 3 unspecified atom stereocenters. The zero-order chi connectivity index (χ0) is 25.2. The summed E-state index contributed by atoms with van der Waals surface area (Å²) in [7, 11) is 3.54. The maximum absolute atomic E-state index is 11.8. The Balaban J connectivity index is 1.30. The average Bonchev–Trinajstić information content (AvgIpc) is 3.72. The van der Waals surface area contributed by atoms with Crippen molar-refractivity contribution in [2.24, 2.45) is 5.92 Å². The molecule has 1 spiro atoms. The predicted octanol–water partition coefficient (Wildman–Crippen LogP) is 2.60. The standard InChI is InChI=1S/C26H43N3O5S/c1-16(2)6-11-20-25(3,34-20)23-22(31-5)19(12-13-26(23)15-32-26)33-24(35)29-18-9-7-17(8-10-18)28-21(30)14-27-4/h6,17-20,22-23,27H,7-15H2,1-5H3,(H,28,30)(H,29,35)/t17?,18?,19?,20-,22?,23?,25+,26+/m1/s1. The van der Waals surface area contributed by atoms with E-state index >= 15 is 0 Å². The van der Waals surface area contributed by atoms with Gasteiger partial charge in [0.1, 0.15) is 23.4 Å². The van der Waals surface area contributed by atoms with Gasteiger partial charge >= 0.3 is 0 Å². The van der Waals surface area contributed by atoms with Crippen LogP contribution in [0, 0.1) is 5.92 Å². The Morgan fingerprint density at radius 2 is 1.80 bits per heavy atom. The van der Waals surface area contributed by atoms with E-state index in [0.717, 1.165) is 51.6 Å². The van der Waals surface area contributed by atoms with Crippen LogP contribution in [0.1, 0.15) is 65.7 Å². The van der Waals surface area contributed by atoms with E-state index in [9.17, 15) is 4.79 Å². The highest BCUT2D eigenvalue weighted by Gasteiger charge is 2.72. The lowest BCUT2D eigenvalue weighted by atomic mass is 9.68. The first-order valence-electron chi connectivity index (χ1n) is 13.1. The largest absolute Gasteiger partial charge is 0.465 e. The summed E-state index contributed by atoms with van der Waals surface area (Å²) in [5, 5.41) is 9.84. The Hall–Kier alpha value is -1.26. The maximum atomic E-state index is 11.8. The predicted molar refractivity (Wildman–Crippen MR) is 138 cm³/mol. The fraction of sp³-hybridized carbons (Fsp3) is 0.846. The number of nitrogens with one attached hydrogen (secondary N) is 3. The first-order valence-corrected chi connectivity index (χ1v) is 13.5. The molecule has 4 aliphatic rings. The SMILES string of the molecule is CNCC(=O)NC1CCC(NC(=S)OC2CC[C@]3(CO3)C([C@@]3(C)O[C@@H]3CC=C(C)C)C2OC)CC1. The molecule has 4 fully saturated rings. The van der Waals surface area contributed by atoms with Gasteiger partial charge < -0.3 is 34.9 Å². The molecule has 0 aromatic heterocycles. The number of likely N-dealkylation sites (N-methyl/N-ethyl adjacent to an activating group) is 1. The van der Waals surface area contributed by atoms with Gasteiger partial charge in [0.15, 0.2) is 0 Å². The summed E-state index contributed by atoms with van der Waals surface area (Å²) < 4.78 is 24.7. The lowest BCUT2D eigenvalue weighted by Gasteiger charge is -2.43. The van der Waals surface area contributed by atoms with Gasteiger partial charge in [-0.1, -0.05) is 11.6 Å². The van der Waals surface area contributed by atoms with Crippen LogP contribution < -0.4 is 16.0 Å². The fourth-order valence-electron chi connectivity index (χ4n) is 6.23. The van der Waals surface area contributed by atoms with Crippen molar-refractivity contribution in [2.75, 3.05) is 27.3 Å². The van der Waals surface area contributed by atoms with Gasteiger partial charge in [0.05, 0.1) is 25.2 Å². The molecule has 0 bridgehead atoms. The molecule has 35 heavy (non-hydrogen) atoms. The fourth-order valence-corrected chi connectivity index (χ4v) is 6.52. The van der Waals surface area contributed by atoms with Gasteiger partial charge in [-0.05, 0) is 85.0 Å². The molecule has 6 atom stereocenters. The van der Waals surface area contributed by atoms with E-state index in [-0.39, 0.29) is 53.4 Å². The topological polar surface area (TPSA) is 96.7 Å². The molecule has 0 aromatic rings. The highest BCUT2D eigenvalue weighted by molar-refractivity contribution is 7.80. The van der Waals surface area contributed by atoms with Gasteiger partial charge in [0.2, 0.25) is 5.91 Å². The first-order chi connectivity index (χ1) is 16.7. The van der Waals surface area contributed by atoms with E-state index in [1.165, 1.54) is 5.57 Å². The average molecular weight is 510 g/mol. The molecule has 1 amide bonds. The monoisotopic (exact) mass is 509 g/mol. The third kappa shape index (κ3) is 6.18. The third-order valence-electron chi connectivity index (χ3n) is 8.25. The van der Waals surface area contributed by atoms with Gasteiger partial charge in [-0.3, -0.25) is 4.79 Å². The minimum atomic E-state index is -0.281. The van der Waals surface area contributed by atoms with Gasteiger partial charge in [0.25, 0.3) is 5.17 Å². The van der Waals surface area contributed by atoms with Crippen molar-refractivity contribution in [3.63, 3.8) is 0 Å². The number of thiocarbonyl (C=S) groups is 1. The summed E-state index contributed by atoms with van der Waals surface area (Å²) in [5.41, 5.74) is 0.857. The highest BCUT2D eigenvalue weighted by atomic mass is 32.1. The van der Waals surface area contributed by atoms with E-state index in [1.807, 2.05) is 0 Å². The van der Waals surface area contributed by atoms with Crippen molar-refractivity contribution in [2.45, 2.75) is 107 Å². The lowest BCUT2D eigenvalue weighted by molar-refractivity contribution is -0.121. The molecule has 4 rings (SSSR count). The number of hydrogen-bond acceptors (Lipinski definition) is 7. The van der Waals surface area contributed by atoms with Crippen LogP contribution in [0.5, 0.6) is 0 Å². The van der Waals surface area contributed by atoms with Crippen LogP contribution in [0.4, 0.5) is 0 Å². The van der Waals surface area contributed by atoms with Crippen molar-refractivity contribution in [3.8, 4) is 0 Å². The molecule has 2 aliphatic heterocycles. The Kier molecular flexibility index (Phi) is 8.43. The molecule has 2 saturated carbocycles. The lowest BCUT2D eigenvalue weighted by Crippen LogP contribution is -2.56. The zero-order valence-corrected chi connectivity index (χ0v) is 22.7. The quantitative estimate of drug-likeness (QED) is 0.248. The van der Waals surface area contributed by atoms with E-state index < -0.39 is 0 Å². The maximum Gasteiger partial charge on any atom is 0.257 e. The summed E-state index contributed by atoms with van der Waals surface area (Å²) in [6, 6.07) is 0.491. The molecular weight excluding hydrogens is 466 g/mol. The molecule has 3 N–H and O–H groups in total. The van der Waals surface area contributed by atoms with Crippen LogP contribution in [0.25, 0.3) is 0 Å². The van der Waals surface area contributed by atoms with E-state index in [0.29, 0.717) is 11.7 Å². The van der Waals surface area contributed by atoms with Gasteiger partial charge in [-0.15, -0.1) is 0 Å². The van der Waals surface area contributed by atoms with Crippen molar-refractivity contribution >= 4 is 23.3 Å². The first kappa shape index (κ1) is 26.8. The molecule has 2 aliphatic carbocycles. The number of hydrogen-bond donors (Lipinski definition) is 3. The molecule has 198 valence electrons. The van der Waals surface area contributed by atoms with Crippen molar-refractivity contribution < 1.29 is 23.7 Å². The summed E-state index contributed by atoms with van der Waals surface area (Å²) in [6.45, 7) is 7.55. The van der Waals surface area contributed by atoms with E-state index in [4.69, 9.17) is 31.2 Å². The number of carbonyl (C=O) groups is 1. The van der Waals surface area contributed by atoms with Crippen LogP contribution >= 0.6 is 12.2 Å². The Morgan fingerprint density at radius 1 is 1.14 bits per heavy atom. The summed E-state index contributed by atoms with van der Waals surface area (Å²) in [5.74, 6) is 0.155. The van der Waals surface area contributed by atoms with E-state index in [2.05, 4.69) is 42.8 Å². The number of amides is 1. The van der Waals surface area contributed by atoms with Crippen LogP contribution in [-0.4, -0.2) is 80.0 Å². The van der Waals surface area contributed by atoms with Crippen molar-refractivity contribution in [1.29, 1.82) is 0 Å². The molecule has 9 heteroatoms. The van der Waals surface area contributed by atoms with Crippen molar-refractivity contribution in [3.05, 3.63) is 11.6 Å². The number of rotatable bonds is 9. The Morgan fingerprint density at radius 3 is 2.37 bits per heavy atom. The van der Waals surface area contributed by atoms with Crippen LogP contribution in [0.15, 0.2) is 11.6 Å². The Labute approximate surface area is 215 Å². The van der Waals surface area contributed by atoms with Crippen LogP contribution in [-0.2, 0) is 23.7 Å². The zero-order valence-electron chi connectivity index (χ0n) is 21.9. The number of carbonyl (C=O) groups excluding carboxylic acids is 1. The van der Waals surface area contributed by atoms with Crippen molar-refractivity contribution in [1.82, 2.24) is 16.0 Å². The number of allylic oxidation sites excluding steroid dienone is 1. The number of ether oxygens (including phenoxy) is 4. The molecular formula is C26H43N3O5S. The molecule has 8 nitrogen and oxygen atoms in total. The minimum Gasteiger partial charge on any atom is -0.465 e. The Bertz CT molecular complexity index is 807. The summed E-state index contributed by atoms with van der Waals surface area (Å²) in [6.07, 6.45) is 8.58. The van der Waals surface area contributed by atoms with Crippen LogP contribution in [0.2, 0.25) is 0 Å². The molecule has 0 aromatic carbocycles. The second-order valence-corrected chi connectivity index (χ2v) is 11.5. The third-order valence-corrected chi connectivity index (χ3v) is 8.46. The van der Waals surface area contributed by atoms with Gasteiger partial charge in [0, 0.05) is 19.2 Å². The van der Waals surface area contributed by atoms with Crippen LogP contribution in [0.3, 0.4) is 0 Å². The molecule has 0 radical (unpaired) electrons. The van der Waals surface area contributed by atoms with Gasteiger partial charge in [-0.2, -0.15) is 0 Å². The minimum absolute atomic E-state index is 0.0501. The van der Waals surface area contributed by atoms with E-state index in [1.54, 1.807) is 14.2 Å². The number of epoxide rings is 2. The summed E-state index contributed by atoms with van der Waals surface area (Å²) >= 11 is 5.63. The van der Waals surface area contributed by atoms with Gasteiger partial charge in [-0.25, -0.2) is 0 Å². The number of methoxy groups -OCH3 is 1. The molecule has 2 heterocycles. The normalized spacial score (nSPS) is 40.0. The molecule has 2 saturated heterocycles. The second-order valence-electron chi connectivity index (χ2n) is 11.1. The second kappa shape index (κ2) is 11.0. The summed E-state index contributed by atoms with van der Waals surface area (Å²) in [4.78, 5) is 11.8.